The minimum atomic E-state index is -0.158. The van der Waals surface area contributed by atoms with E-state index in [-0.39, 0.29) is 5.91 Å². The van der Waals surface area contributed by atoms with Crippen LogP contribution in [0, 0.1) is 0 Å². The number of imidazole rings is 1. The number of rotatable bonds is 3. The second-order valence-corrected chi connectivity index (χ2v) is 7.19. The summed E-state index contributed by atoms with van der Waals surface area (Å²) in [6.07, 6.45) is 5.39. The van der Waals surface area contributed by atoms with Gasteiger partial charge in [-0.1, -0.05) is 41.7 Å². The number of thiazole rings is 1. The largest absolute Gasteiger partial charge is 0.306 e. The van der Waals surface area contributed by atoms with Gasteiger partial charge >= 0.3 is 0 Å². The van der Waals surface area contributed by atoms with Gasteiger partial charge in [-0.3, -0.25) is 10.1 Å². The molecule has 5 aromatic rings. The molecule has 130 valence electrons. The summed E-state index contributed by atoms with van der Waals surface area (Å²) in [7, 11) is 0. The smallest absolute Gasteiger partial charge is 0.257 e. The minimum Gasteiger partial charge on any atom is -0.306 e. The number of nitrogens with one attached hydrogen (secondary N) is 1. The average molecular weight is 370 g/mol. The highest BCUT2D eigenvalue weighted by Crippen LogP contribution is 2.28. The van der Waals surface area contributed by atoms with E-state index in [0.29, 0.717) is 10.7 Å². The summed E-state index contributed by atoms with van der Waals surface area (Å²) in [5.41, 5.74) is 2.49. The molecule has 1 amide bonds. The van der Waals surface area contributed by atoms with Gasteiger partial charge in [-0.25, -0.2) is 9.97 Å². The molecule has 0 saturated heterocycles. The molecule has 0 bridgehead atoms. The van der Waals surface area contributed by atoms with E-state index in [0.717, 1.165) is 26.7 Å². The maximum absolute atomic E-state index is 12.6. The quantitative estimate of drug-likeness (QED) is 0.492. The summed E-state index contributed by atoms with van der Waals surface area (Å²) < 4.78 is 2.95. The van der Waals surface area contributed by atoms with E-state index >= 15 is 0 Å². The Kier molecular flexibility index (Phi) is 3.69. The summed E-state index contributed by atoms with van der Waals surface area (Å²) in [4.78, 5) is 21.2. The Hall–Kier alpha value is -3.51. The van der Waals surface area contributed by atoms with Crippen molar-refractivity contribution >= 4 is 43.4 Å². The molecule has 0 aliphatic carbocycles. The van der Waals surface area contributed by atoms with Crippen molar-refractivity contribution in [1.82, 2.24) is 14.5 Å². The Balaban J connectivity index is 1.43. The summed E-state index contributed by atoms with van der Waals surface area (Å²) in [6, 6.07) is 19.7. The van der Waals surface area contributed by atoms with Gasteiger partial charge in [0, 0.05) is 23.6 Å². The van der Waals surface area contributed by atoms with E-state index in [9.17, 15) is 4.79 Å². The van der Waals surface area contributed by atoms with Crippen LogP contribution in [-0.2, 0) is 0 Å². The summed E-state index contributed by atoms with van der Waals surface area (Å²) >= 11 is 1.46. The van der Waals surface area contributed by atoms with Gasteiger partial charge in [0.25, 0.3) is 5.91 Å². The highest BCUT2D eigenvalue weighted by molar-refractivity contribution is 7.22. The van der Waals surface area contributed by atoms with Crippen molar-refractivity contribution in [3.05, 3.63) is 84.9 Å². The molecule has 0 radical (unpaired) electrons. The van der Waals surface area contributed by atoms with Crippen molar-refractivity contribution in [1.29, 1.82) is 0 Å². The first-order valence-electron chi connectivity index (χ1n) is 8.45. The second-order valence-electron chi connectivity index (χ2n) is 6.16. The lowest BCUT2D eigenvalue weighted by Gasteiger charge is -2.03. The molecule has 0 aliphatic heterocycles. The molecule has 1 N–H and O–H groups in total. The molecule has 0 saturated carbocycles. The van der Waals surface area contributed by atoms with Crippen LogP contribution < -0.4 is 5.32 Å². The van der Waals surface area contributed by atoms with Gasteiger partial charge in [-0.15, -0.1) is 0 Å². The third-order valence-corrected chi connectivity index (χ3v) is 5.34. The Morgan fingerprint density at radius 1 is 1.00 bits per heavy atom. The highest BCUT2D eigenvalue weighted by Gasteiger charge is 2.11. The van der Waals surface area contributed by atoms with Crippen molar-refractivity contribution in [3.8, 4) is 5.69 Å². The van der Waals surface area contributed by atoms with Crippen LogP contribution in [0.4, 0.5) is 5.13 Å². The predicted molar refractivity (Wildman–Crippen MR) is 109 cm³/mol. The molecule has 2 heterocycles. The van der Waals surface area contributed by atoms with E-state index in [1.807, 2.05) is 71.4 Å². The van der Waals surface area contributed by atoms with Crippen molar-refractivity contribution in [3.63, 3.8) is 0 Å². The van der Waals surface area contributed by atoms with Gasteiger partial charge in [0.2, 0.25) is 0 Å². The lowest BCUT2D eigenvalue weighted by atomic mass is 10.1. The lowest BCUT2D eigenvalue weighted by molar-refractivity contribution is 0.102. The molecular formula is C21H14N4OS. The second kappa shape index (κ2) is 6.34. The van der Waals surface area contributed by atoms with E-state index in [4.69, 9.17) is 0 Å². The molecule has 0 unspecified atom stereocenters. The zero-order valence-electron chi connectivity index (χ0n) is 14.2. The predicted octanol–water partition coefficient (Wildman–Crippen LogP) is 4.89. The number of fused-ring (bicyclic) bond motifs is 2. The molecule has 5 rings (SSSR count). The average Bonchev–Trinajstić information content (AvgIpc) is 3.36. The number of anilines is 1. The van der Waals surface area contributed by atoms with Crippen molar-refractivity contribution in [2.45, 2.75) is 0 Å². The standard InChI is InChI=1S/C21H14N4OS/c26-20(16-6-5-14-3-1-2-4-15(14)11-16)24-21-23-18-8-7-17(12-19(18)27-21)25-10-9-22-13-25/h1-13H,(H,23,24,26). The number of carbonyl (C=O) groups is 1. The third-order valence-electron chi connectivity index (χ3n) is 4.41. The Bertz CT molecular complexity index is 1270. The van der Waals surface area contributed by atoms with Gasteiger partial charge in [0.05, 0.1) is 16.5 Å². The molecule has 5 nitrogen and oxygen atoms in total. The number of nitrogens with zero attached hydrogens (tertiary/aromatic N) is 3. The first-order chi connectivity index (χ1) is 13.3. The Labute approximate surface area is 158 Å². The molecule has 0 aliphatic rings. The Morgan fingerprint density at radius 3 is 2.74 bits per heavy atom. The summed E-state index contributed by atoms with van der Waals surface area (Å²) in [6.45, 7) is 0. The molecule has 0 fully saturated rings. The molecule has 27 heavy (non-hydrogen) atoms. The minimum absolute atomic E-state index is 0.158. The molecule has 3 aromatic carbocycles. The van der Waals surface area contributed by atoms with Crippen LogP contribution in [0.3, 0.4) is 0 Å². The summed E-state index contributed by atoms with van der Waals surface area (Å²) in [5.74, 6) is -0.158. The molecule has 6 heteroatoms. The molecule has 0 atom stereocenters. The number of benzene rings is 3. The maximum atomic E-state index is 12.6. The van der Waals surface area contributed by atoms with Crippen LogP contribution in [0.2, 0.25) is 0 Å². The number of amides is 1. The normalized spacial score (nSPS) is 11.1. The van der Waals surface area contributed by atoms with Gasteiger partial charge < -0.3 is 4.57 Å². The zero-order chi connectivity index (χ0) is 18.2. The van der Waals surface area contributed by atoms with Crippen molar-refractivity contribution in [2.24, 2.45) is 0 Å². The fourth-order valence-corrected chi connectivity index (χ4v) is 3.93. The van der Waals surface area contributed by atoms with Crippen LogP contribution in [0.1, 0.15) is 10.4 Å². The number of aromatic nitrogens is 3. The molecular weight excluding hydrogens is 356 g/mol. The van der Waals surface area contributed by atoms with Gasteiger partial charge in [-0.05, 0) is 41.1 Å². The highest BCUT2D eigenvalue weighted by atomic mass is 32.1. The number of hydrogen-bond donors (Lipinski definition) is 1. The van der Waals surface area contributed by atoms with E-state index < -0.39 is 0 Å². The fraction of sp³-hybridized carbons (Fsp3) is 0. The van der Waals surface area contributed by atoms with E-state index in [2.05, 4.69) is 15.3 Å². The topological polar surface area (TPSA) is 59.8 Å². The van der Waals surface area contributed by atoms with Crippen LogP contribution in [0.15, 0.2) is 79.4 Å². The van der Waals surface area contributed by atoms with Crippen molar-refractivity contribution < 1.29 is 4.79 Å². The summed E-state index contributed by atoms with van der Waals surface area (Å²) in [5, 5.41) is 5.66. The SMILES string of the molecule is O=C(Nc1nc2ccc(-n3ccnc3)cc2s1)c1ccc2ccccc2c1. The first kappa shape index (κ1) is 15.7. The third kappa shape index (κ3) is 2.96. The van der Waals surface area contributed by atoms with E-state index in [1.54, 1.807) is 12.5 Å². The van der Waals surface area contributed by atoms with Crippen LogP contribution in [-0.4, -0.2) is 20.4 Å². The van der Waals surface area contributed by atoms with Crippen molar-refractivity contribution in [2.75, 3.05) is 5.32 Å². The van der Waals surface area contributed by atoms with Gasteiger partial charge in [0.15, 0.2) is 5.13 Å². The first-order valence-corrected chi connectivity index (χ1v) is 9.27. The lowest BCUT2D eigenvalue weighted by Crippen LogP contribution is -2.11. The number of carbonyl (C=O) groups excluding carboxylic acids is 1. The van der Waals surface area contributed by atoms with E-state index in [1.165, 1.54) is 11.3 Å². The monoisotopic (exact) mass is 370 g/mol. The maximum Gasteiger partial charge on any atom is 0.257 e. The van der Waals surface area contributed by atoms with Crippen LogP contribution >= 0.6 is 11.3 Å². The zero-order valence-corrected chi connectivity index (χ0v) is 15.0. The van der Waals surface area contributed by atoms with Gasteiger partial charge in [0.1, 0.15) is 0 Å². The molecule has 2 aromatic heterocycles. The van der Waals surface area contributed by atoms with Crippen LogP contribution in [0.5, 0.6) is 0 Å². The fourth-order valence-electron chi connectivity index (χ4n) is 3.04. The van der Waals surface area contributed by atoms with Gasteiger partial charge in [-0.2, -0.15) is 0 Å². The molecule has 0 spiro atoms. The van der Waals surface area contributed by atoms with Crippen LogP contribution in [0.25, 0.3) is 26.7 Å². The Morgan fingerprint density at radius 2 is 1.89 bits per heavy atom. The number of hydrogen-bond acceptors (Lipinski definition) is 4.